The first kappa shape index (κ1) is 11.0. The second kappa shape index (κ2) is 5.62. The predicted molar refractivity (Wildman–Crippen MR) is 55.3 cm³/mol. The van der Waals surface area contributed by atoms with Crippen LogP contribution in [-0.4, -0.2) is 17.8 Å². The van der Waals surface area contributed by atoms with Crippen LogP contribution in [0.2, 0.25) is 0 Å². The molecule has 1 fully saturated rings. The highest BCUT2D eigenvalue weighted by atomic mass is 16.7. The summed E-state index contributed by atoms with van der Waals surface area (Å²) in [5.74, 6) is 0. The topological polar surface area (TPSA) is 50.7 Å². The Kier molecular flexibility index (Phi) is 4.43. The summed E-state index contributed by atoms with van der Waals surface area (Å²) in [5.41, 5.74) is 0.740. The Labute approximate surface area is 84.7 Å². The molecule has 4 heteroatoms. The zero-order valence-electron chi connectivity index (χ0n) is 8.88. The molecule has 0 radical (unpaired) electrons. The van der Waals surface area contributed by atoms with Gasteiger partial charge in [0.15, 0.2) is 0 Å². The molecule has 4 nitrogen and oxygen atoms in total. The van der Waals surface area contributed by atoms with Crippen molar-refractivity contribution in [2.24, 2.45) is 5.16 Å². The minimum absolute atomic E-state index is 0.281. The average Bonchev–Trinajstić information content (AvgIpc) is 2.16. The van der Waals surface area contributed by atoms with Crippen molar-refractivity contribution in [3.8, 4) is 0 Å². The van der Waals surface area contributed by atoms with Gasteiger partial charge in [-0.05, 0) is 26.7 Å². The molecule has 80 valence electrons. The molecule has 0 aromatic carbocycles. The number of hydrogen-bond donors (Lipinski definition) is 1. The van der Waals surface area contributed by atoms with Gasteiger partial charge in [0, 0.05) is 6.04 Å². The third-order valence-corrected chi connectivity index (χ3v) is 2.24. The Balaban J connectivity index is 2.22. The van der Waals surface area contributed by atoms with Gasteiger partial charge in [-0.1, -0.05) is 24.4 Å². The fourth-order valence-electron chi connectivity index (χ4n) is 1.57. The predicted octanol–water partition coefficient (Wildman–Crippen LogP) is 2.44. The van der Waals surface area contributed by atoms with E-state index >= 15 is 0 Å². The maximum atomic E-state index is 11.2. The molecule has 1 aliphatic carbocycles. The number of hydrogen-bond acceptors (Lipinski definition) is 3. The molecule has 0 heterocycles. The van der Waals surface area contributed by atoms with E-state index in [1.165, 1.54) is 19.3 Å². The lowest BCUT2D eigenvalue weighted by Crippen LogP contribution is -2.35. The molecular weight excluding hydrogens is 180 g/mol. The van der Waals surface area contributed by atoms with Gasteiger partial charge in [-0.15, -0.1) is 0 Å². The Morgan fingerprint density at radius 1 is 1.29 bits per heavy atom. The number of carbonyl (C=O) groups excluding carboxylic acids is 1. The van der Waals surface area contributed by atoms with Crippen LogP contribution in [-0.2, 0) is 4.84 Å². The van der Waals surface area contributed by atoms with Crippen molar-refractivity contribution in [3.05, 3.63) is 0 Å². The van der Waals surface area contributed by atoms with Gasteiger partial charge in [-0.25, -0.2) is 4.79 Å². The molecule has 1 N–H and O–H groups in total. The average molecular weight is 198 g/mol. The third-order valence-electron chi connectivity index (χ3n) is 2.24. The van der Waals surface area contributed by atoms with Crippen molar-refractivity contribution >= 4 is 11.8 Å². The number of carbonyl (C=O) groups is 1. The zero-order chi connectivity index (χ0) is 10.4. The van der Waals surface area contributed by atoms with E-state index in [1.54, 1.807) is 13.8 Å². The van der Waals surface area contributed by atoms with E-state index in [4.69, 9.17) is 0 Å². The van der Waals surface area contributed by atoms with Crippen molar-refractivity contribution in [2.45, 2.75) is 52.0 Å². The minimum atomic E-state index is -0.432. The molecule has 0 atom stereocenters. The Morgan fingerprint density at radius 3 is 2.50 bits per heavy atom. The first-order chi connectivity index (χ1) is 6.68. The van der Waals surface area contributed by atoms with Gasteiger partial charge in [0.1, 0.15) is 0 Å². The van der Waals surface area contributed by atoms with Gasteiger partial charge in [0.2, 0.25) is 0 Å². The monoisotopic (exact) mass is 198 g/mol. The van der Waals surface area contributed by atoms with Crippen LogP contribution in [0.3, 0.4) is 0 Å². The van der Waals surface area contributed by atoms with Gasteiger partial charge >= 0.3 is 6.09 Å². The van der Waals surface area contributed by atoms with E-state index in [1.807, 2.05) is 0 Å². The molecule has 1 amide bonds. The fourth-order valence-corrected chi connectivity index (χ4v) is 1.57. The summed E-state index contributed by atoms with van der Waals surface area (Å²) in [6.45, 7) is 3.57. The highest BCUT2D eigenvalue weighted by Crippen LogP contribution is 2.17. The number of rotatable bonds is 2. The van der Waals surface area contributed by atoms with Crippen LogP contribution in [0.15, 0.2) is 5.16 Å². The summed E-state index contributed by atoms with van der Waals surface area (Å²) in [7, 11) is 0. The molecule has 1 saturated carbocycles. The van der Waals surface area contributed by atoms with Gasteiger partial charge in [0.25, 0.3) is 0 Å². The van der Waals surface area contributed by atoms with Gasteiger partial charge in [-0.3, -0.25) is 4.84 Å². The van der Waals surface area contributed by atoms with Crippen molar-refractivity contribution in [1.29, 1.82) is 0 Å². The summed E-state index contributed by atoms with van der Waals surface area (Å²) in [5, 5.41) is 6.40. The molecular formula is C10H18N2O2. The van der Waals surface area contributed by atoms with Crippen LogP contribution < -0.4 is 5.32 Å². The number of nitrogens with one attached hydrogen (secondary N) is 1. The van der Waals surface area contributed by atoms with Crippen LogP contribution in [0, 0.1) is 0 Å². The van der Waals surface area contributed by atoms with Crippen molar-refractivity contribution in [3.63, 3.8) is 0 Å². The van der Waals surface area contributed by atoms with Crippen LogP contribution in [0.4, 0.5) is 4.79 Å². The van der Waals surface area contributed by atoms with Crippen molar-refractivity contribution < 1.29 is 9.63 Å². The van der Waals surface area contributed by atoms with Crippen LogP contribution in [0.1, 0.15) is 46.0 Å². The van der Waals surface area contributed by atoms with Crippen molar-refractivity contribution in [1.82, 2.24) is 5.32 Å². The summed E-state index contributed by atoms with van der Waals surface area (Å²) < 4.78 is 0. The Hall–Kier alpha value is -1.06. The first-order valence-electron chi connectivity index (χ1n) is 5.17. The zero-order valence-corrected chi connectivity index (χ0v) is 8.88. The molecule has 0 saturated heterocycles. The maximum Gasteiger partial charge on any atom is 0.433 e. The highest BCUT2D eigenvalue weighted by molar-refractivity contribution is 5.79. The van der Waals surface area contributed by atoms with E-state index in [2.05, 4.69) is 15.3 Å². The highest BCUT2D eigenvalue weighted by Gasteiger charge is 2.16. The lowest BCUT2D eigenvalue weighted by molar-refractivity contribution is 0.143. The molecule has 0 bridgehead atoms. The normalized spacial score (nSPS) is 17.3. The lowest BCUT2D eigenvalue weighted by atomic mass is 9.96. The molecule has 0 aliphatic heterocycles. The van der Waals surface area contributed by atoms with Gasteiger partial charge < -0.3 is 5.32 Å². The van der Waals surface area contributed by atoms with Crippen molar-refractivity contribution in [2.75, 3.05) is 0 Å². The van der Waals surface area contributed by atoms with E-state index in [0.29, 0.717) is 0 Å². The number of nitrogens with zero attached hydrogens (tertiary/aromatic N) is 1. The molecule has 0 unspecified atom stereocenters. The van der Waals surface area contributed by atoms with E-state index in [-0.39, 0.29) is 6.04 Å². The van der Waals surface area contributed by atoms with Gasteiger partial charge in [0.05, 0.1) is 5.71 Å². The summed E-state index contributed by atoms with van der Waals surface area (Å²) >= 11 is 0. The molecule has 0 aromatic rings. The maximum absolute atomic E-state index is 11.2. The number of amides is 1. The third kappa shape index (κ3) is 4.25. The van der Waals surface area contributed by atoms with E-state index in [0.717, 1.165) is 18.6 Å². The SMILES string of the molecule is CC(C)=NOC(=O)NC1CCCCC1. The standard InChI is InChI=1S/C10H18N2O2/c1-8(2)12-14-10(13)11-9-6-4-3-5-7-9/h9H,3-7H2,1-2H3,(H,11,13). The molecule has 1 rings (SSSR count). The summed E-state index contributed by atoms with van der Waals surface area (Å²) in [6, 6.07) is 0.281. The molecule has 14 heavy (non-hydrogen) atoms. The van der Waals surface area contributed by atoms with Crippen LogP contribution in [0.5, 0.6) is 0 Å². The first-order valence-corrected chi connectivity index (χ1v) is 5.17. The molecule has 0 aromatic heterocycles. The largest absolute Gasteiger partial charge is 0.433 e. The van der Waals surface area contributed by atoms with Gasteiger partial charge in [-0.2, -0.15) is 0 Å². The quantitative estimate of drug-likeness (QED) is 0.421. The van der Waals surface area contributed by atoms with Crippen LogP contribution in [0.25, 0.3) is 0 Å². The fraction of sp³-hybridized carbons (Fsp3) is 0.800. The minimum Gasteiger partial charge on any atom is -0.317 e. The smallest absolute Gasteiger partial charge is 0.317 e. The van der Waals surface area contributed by atoms with E-state index < -0.39 is 6.09 Å². The Bertz CT molecular complexity index is 216. The summed E-state index contributed by atoms with van der Waals surface area (Å²) in [4.78, 5) is 15.8. The summed E-state index contributed by atoms with van der Waals surface area (Å²) in [6.07, 6.45) is 5.35. The van der Waals surface area contributed by atoms with E-state index in [9.17, 15) is 4.79 Å². The lowest BCUT2D eigenvalue weighted by Gasteiger charge is -2.21. The molecule has 0 spiro atoms. The number of oxime groups is 1. The second-order valence-electron chi connectivity index (χ2n) is 3.90. The van der Waals surface area contributed by atoms with Crippen LogP contribution >= 0.6 is 0 Å². The Morgan fingerprint density at radius 2 is 1.93 bits per heavy atom. The second-order valence-corrected chi connectivity index (χ2v) is 3.90. The molecule has 1 aliphatic rings.